The molecule has 0 radical (unpaired) electrons. The Kier molecular flexibility index (Phi) is 2.21. The third kappa shape index (κ3) is 1.88. The molecule has 0 aromatic carbocycles. The van der Waals surface area contributed by atoms with Crippen LogP contribution in [0, 0.1) is 0 Å². The highest BCUT2D eigenvalue weighted by atomic mass is 19.3. The summed E-state index contributed by atoms with van der Waals surface area (Å²) in [5, 5.41) is 0. The Balaban J connectivity index is 2.31. The summed E-state index contributed by atoms with van der Waals surface area (Å²) in [6.45, 7) is -0.120. The van der Waals surface area contributed by atoms with Gasteiger partial charge in [-0.1, -0.05) is 0 Å². The summed E-state index contributed by atoms with van der Waals surface area (Å²) in [7, 11) is 0. The van der Waals surface area contributed by atoms with Crippen LogP contribution in [-0.2, 0) is 4.74 Å². The molecule has 0 aromatic heterocycles. The van der Waals surface area contributed by atoms with E-state index in [-0.39, 0.29) is 12.5 Å². The number of rotatable bonds is 1. The number of ether oxygens (including phenoxy) is 1. The van der Waals surface area contributed by atoms with E-state index >= 15 is 0 Å². The third-order valence-electron chi connectivity index (χ3n) is 1.63. The minimum atomic E-state index is -2.62. The predicted octanol–water partition coefficient (Wildman–Crippen LogP) is 0.759. The summed E-state index contributed by atoms with van der Waals surface area (Å²) in [5.41, 5.74) is 5.22. The molecule has 10 heavy (non-hydrogen) atoms. The Morgan fingerprint density at radius 1 is 1.60 bits per heavy atom. The monoisotopic (exact) mass is 151 g/mol. The van der Waals surface area contributed by atoms with Crippen molar-refractivity contribution in [3.05, 3.63) is 0 Å². The van der Waals surface area contributed by atoms with Gasteiger partial charge >= 0.3 is 0 Å². The van der Waals surface area contributed by atoms with Gasteiger partial charge in [0, 0.05) is 13.0 Å². The zero-order valence-electron chi connectivity index (χ0n) is 5.65. The molecule has 1 rings (SSSR count). The molecule has 4 heteroatoms. The van der Waals surface area contributed by atoms with Crippen LogP contribution < -0.4 is 5.73 Å². The second-order valence-electron chi connectivity index (χ2n) is 2.56. The Hall–Kier alpha value is -0.220. The van der Waals surface area contributed by atoms with Gasteiger partial charge in [0.15, 0.2) is 0 Å². The molecule has 0 spiro atoms. The fourth-order valence-corrected chi connectivity index (χ4v) is 0.953. The van der Waals surface area contributed by atoms with Crippen LogP contribution in [-0.4, -0.2) is 25.2 Å². The Bertz CT molecular complexity index is 108. The molecule has 2 N–H and O–H groups in total. The van der Waals surface area contributed by atoms with Crippen molar-refractivity contribution in [1.82, 2.24) is 0 Å². The maximum absolute atomic E-state index is 12.3. The Morgan fingerprint density at radius 2 is 2.30 bits per heavy atom. The minimum Gasteiger partial charge on any atom is -0.371 e. The molecule has 1 unspecified atom stereocenters. The van der Waals surface area contributed by atoms with Gasteiger partial charge in [0.1, 0.15) is 6.61 Å². The molecular weight excluding hydrogens is 140 g/mol. The van der Waals surface area contributed by atoms with Gasteiger partial charge in [0.2, 0.25) is 0 Å². The zero-order valence-corrected chi connectivity index (χ0v) is 5.65. The summed E-state index contributed by atoms with van der Waals surface area (Å²) in [6, 6.07) is 0. The van der Waals surface area contributed by atoms with Crippen molar-refractivity contribution >= 4 is 0 Å². The van der Waals surface area contributed by atoms with Crippen LogP contribution in [0.3, 0.4) is 0 Å². The molecule has 0 bridgehead atoms. The highest BCUT2D eigenvalue weighted by Crippen LogP contribution is 2.27. The number of alkyl halides is 2. The van der Waals surface area contributed by atoms with Gasteiger partial charge in [-0.25, -0.2) is 8.78 Å². The standard InChI is InChI=1S/C6H11F2NO/c7-6(8)2-1-5(3-9)10-4-6/h5H,1-4,9H2. The van der Waals surface area contributed by atoms with E-state index in [9.17, 15) is 8.78 Å². The molecule has 1 atom stereocenters. The SMILES string of the molecule is NCC1CCC(F)(F)CO1. The normalized spacial score (nSPS) is 32.1. The van der Waals surface area contributed by atoms with Crippen molar-refractivity contribution in [2.24, 2.45) is 5.73 Å². The van der Waals surface area contributed by atoms with Crippen molar-refractivity contribution in [2.75, 3.05) is 13.2 Å². The molecule has 1 saturated heterocycles. The largest absolute Gasteiger partial charge is 0.371 e. The molecule has 1 aliphatic rings. The van der Waals surface area contributed by atoms with E-state index in [2.05, 4.69) is 0 Å². The molecular formula is C6H11F2NO. The van der Waals surface area contributed by atoms with Gasteiger partial charge in [-0.3, -0.25) is 0 Å². The lowest BCUT2D eigenvalue weighted by Gasteiger charge is -2.27. The molecule has 0 saturated carbocycles. The summed E-state index contributed by atoms with van der Waals surface area (Å²) >= 11 is 0. The van der Waals surface area contributed by atoms with E-state index in [4.69, 9.17) is 10.5 Å². The van der Waals surface area contributed by atoms with Crippen molar-refractivity contribution in [3.63, 3.8) is 0 Å². The topological polar surface area (TPSA) is 35.2 Å². The predicted molar refractivity (Wildman–Crippen MR) is 33.0 cm³/mol. The fourth-order valence-electron chi connectivity index (χ4n) is 0.953. The quantitative estimate of drug-likeness (QED) is 0.600. The summed E-state index contributed by atoms with van der Waals surface area (Å²) in [5.74, 6) is -2.62. The highest BCUT2D eigenvalue weighted by Gasteiger charge is 2.35. The smallest absolute Gasteiger partial charge is 0.271 e. The summed E-state index contributed by atoms with van der Waals surface area (Å²) in [4.78, 5) is 0. The van der Waals surface area contributed by atoms with E-state index in [1.165, 1.54) is 0 Å². The average Bonchev–Trinajstić information content (AvgIpc) is 1.88. The fraction of sp³-hybridized carbons (Fsp3) is 1.00. The van der Waals surface area contributed by atoms with E-state index in [1.54, 1.807) is 0 Å². The first-order chi connectivity index (χ1) is 4.64. The molecule has 1 heterocycles. The average molecular weight is 151 g/mol. The lowest BCUT2D eigenvalue weighted by atomic mass is 10.1. The van der Waals surface area contributed by atoms with Crippen LogP contribution in [0.15, 0.2) is 0 Å². The first kappa shape index (κ1) is 7.88. The molecule has 2 nitrogen and oxygen atoms in total. The molecule has 1 fully saturated rings. The Labute approximate surface area is 58.3 Å². The Morgan fingerprint density at radius 3 is 2.70 bits per heavy atom. The van der Waals surface area contributed by atoms with Crippen LogP contribution in [0.4, 0.5) is 8.78 Å². The van der Waals surface area contributed by atoms with Crippen LogP contribution in [0.2, 0.25) is 0 Å². The highest BCUT2D eigenvalue weighted by molar-refractivity contribution is 4.75. The second kappa shape index (κ2) is 2.80. The maximum atomic E-state index is 12.3. The maximum Gasteiger partial charge on any atom is 0.271 e. The van der Waals surface area contributed by atoms with E-state index in [0.29, 0.717) is 13.0 Å². The molecule has 0 amide bonds. The van der Waals surface area contributed by atoms with Crippen LogP contribution in [0.5, 0.6) is 0 Å². The summed E-state index contributed by atoms with van der Waals surface area (Å²) in [6.07, 6.45) is 0.137. The second-order valence-corrected chi connectivity index (χ2v) is 2.56. The van der Waals surface area contributed by atoms with Crippen LogP contribution >= 0.6 is 0 Å². The number of hydrogen-bond acceptors (Lipinski definition) is 2. The summed E-state index contributed by atoms with van der Waals surface area (Å²) < 4.78 is 29.5. The number of halogens is 2. The lowest BCUT2D eigenvalue weighted by molar-refractivity contribution is -0.140. The third-order valence-corrected chi connectivity index (χ3v) is 1.63. The lowest BCUT2D eigenvalue weighted by Crippen LogP contribution is -2.38. The number of hydrogen-bond donors (Lipinski definition) is 1. The van der Waals surface area contributed by atoms with Crippen molar-refractivity contribution < 1.29 is 13.5 Å². The van der Waals surface area contributed by atoms with E-state index < -0.39 is 12.5 Å². The number of nitrogens with two attached hydrogens (primary N) is 1. The first-order valence-corrected chi connectivity index (χ1v) is 3.33. The van der Waals surface area contributed by atoms with Crippen molar-refractivity contribution in [3.8, 4) is 0 Å². The van der Waals surface area contributed by atoms with Gasteiger partial charge < -0.3 is 10.5 Å². The van der Waals surface area contributed by atoms with E-state index in [0.717, 1.165) is 0 Å². The van der Waals surface area contributed by atoms with E-state index in [1.807, 2.05) is 0 Å². The zero-order chi connectivity index (χ0) is 7.61. The van der Waals surface area contributed by atoms with Crippen molar-refractivity contribution in [1.29, 1.82) is 0 Å². The van der Waals surface area contributed by atoms with Gasteiger partial charge in [0.05, 0.1) is 6.10 Å². The minimum absolute atomic E-state index is 0.0884. The van der Waals surface area contributed by atoms with Crippen LogP contribution in [0.1, 0.15) is 12.8 Å². The van der Waals surface area contributed by atoms with Gasteiger partial charge in [0.25, 0.3) is 5.92 Å². The van der Waals surface area contributed by atoms with Gasteiger partial charge in [-0.05, 0) is 6.42 Å². The molecule has 0 aromatic rings. The van der Waals surface area contributed by atoms with Crippen molar-refractivity contribution in [2.45, 2.75) is 24.9 Å². The molecule has 0 aliphatic carbocycles. The molecule has 60 valence electrons. The van der Waals surface area contributed by atoms with Crippen LogP contribution in [0.25, 0.3) is 0 Å². The van der Waals surface area contributed by atoms with Gasteiger partial charge in [-0.2, -0.15) is 0 Å². The molecule has 1 aliphatic heterocycles. The van der Waals surface area contributed by atoms with Gasteiger partial charge in [-0.15, -0.1) is 0 Å². The first-order valence-electron chi connectivity index (χ1n) is 3.33.